The molecule has 2 heterocycles. The number of nitriles is 1. The fraction of sp³-hybridized carbons (Fsp3) is 0.333. The molecule has 0 fully saturated rings. The zero-order valence-electron chi connectivity index (χ0n) is 15.4. The number of ketones is 1. The predicted molar refractivity (Wildman–Crippen MR) is 95.4 cm³/mol. The molecule has 0 saturated carbocycles. The molecular weight excluding hydrogens is 395 g/mol. The van der Waals surface area contributed by atoms with Crippen molar-refractivity contribution in [3.05, 3.63) is 45.4 Å². The van der Waals surface area contributed by atoms with Crippen molar-refractivity contribution < 1.29 is 27.5 Å². The smallest absolute Gasteiger partial charge is 0.417 e. The number of aryl methyl sites for hydroxylation is 2. The highest BCUT2D eigenvalue weighted by molar-refractivity contribution is 8.00. The number of nitrogens with zero attached hydrogens (tertiary/aromatic N) is 2. The van der Waals surface area contributed by atoms with Gasteiger partial charge in [-0.1, -0.05) is 11.8 Å². The van der Waals surface area contributed by atoms with Crippen LogP contribution in [0.3, 0.4) is 0 Å². The first kappa shape index (κ1) is 21.5. The van der Waals surface area contributed by atoms with Crippen LogP contribution in [0.15, 0.2) is 11.1 Å². The number of aromatic nitrogens is 2. The van der Waals surface area contributed by atoms with Gasteiger partial charge in [-0.05, 0) is 32.4 Å². The molecule has 0 unspecified atom stereocenters. The fourth-order valence-electron chi connectivity index (χ4n) is 2.72. The number of pyridine rings is 1. The molecule has 148 valence electrons. The van der Waals surface area contributed by atoms with Gasteiger partial charge in [-0.2, -0.15) is 18.4 Å². The Balaban J connectivity index is 2.33. The van der Waals surface area contributed by atoms with Crippen molar-refractivity contribution in [1.29, 1.82) is 5.26 Å². The van der Waals surface area contributed by atoms with Crippen molar-refractivity contribution in [2.24, 2.45) is 0 Å². The Morgan fingerprint density at radius 1 is 1.32 bits per heavy atom. The average Bonchev–Trinajstić information content (AvgIpc) is 2.92. The standard InChI is InChI=1S/C18H16F3N3O3S/c1-8-5-12(18(19,20)21)11(6-22)16(23-8)28-7-13(25)15-9(2)14(10(3)24-15)17(26)27-4/h5,24H,7H2,1-4H3. The Kier molecular flexibility index (Phi) is 6.19. The van der Waals surface area contributed by atoms with Gasteiger partial charge in [-0.15, -0.1) is 0 Å². The second-order valence-electron chi connectivity index (χ2n) is 5.93. The molecule has 0 aliphatic rings. The van der Waals surface area contributed by atoms with Crippen molar-refractivity contribution in [2.45, 2.75) is 32.0 Å². The number of aromatic amines is 1. The predicted octanol–water partition coefficient (Wildman–Crippen LogP) is 3.99. The van der Waals surface area contributed by atoms with Crippen LogP contribution >= 0.6 is 11.8 Å². The lowest BCUT2D eigenvalue weighted by atomic mass is 10.1. The first-order valence-corrected chi connectivity index (χ1v) is 8.92. The third-order valence-corrected chi connectivity index (χ3v) is 4.95. The van der Waals surface area contributed by atoms with E-state index >= 15 is 0 Å². The van der Waals surface area contributed by atoms with Gasteiger partial charge in [-0.25, -0.2) is 9.78 Å². The Bertz CT molecular complexity index is 991. The Hall–Kier alpha value is -2.80. The number of Topliss-reactive ketones (excluding diaryl/α,β-unsaturated/α-hetero) is 1. The number of thioether (sulfide) groups is 1. The van der Waals surface area contributed by atoms with Gasteiger partial charge in [0.2, 0.25) is 0 Å². The highest BCUT2D eigenvalue weighted by Gasteiger charge is 2.35. The van der Waals surface area contributed by atoms with E-state index in [0.717, 1.165) is 17.8 Å². The second kappa shape index (κ2) is 8.06. The van der Waals surface area contributed by atoms with Crippen molar-refractivity contribution in [2.75, 3.05) is 12.9 Å². The number of ether oxygens (including phenoxy) is 1. The number of nitrogens with one attached hydrogen (secondary N) is 1. The van der Waals surface area contributed by atoms with Gasteiger partial charge in [0.1, 0.15) is 11.1 Å². The van der Waals surface area contributed by atoms with Gasteiger partial charge in [0, 0.05) is 11.4 Å². The molecule has 0 saturated heterocycles. The van der Waals surface area contributed by atoms with Crippen LogP contribution in [0.2, 0.25) is 0 Å². The first-order chi connectivity index (χ1) is 13.0. The van der Waals surface area contributed by atoms with Crippen LogP contribution in [-0.4, -0.2) is 34.6 Å². The van der Waals surface area contributed by atoms with Crippen molar-refractivity contribution in [3.8, 4) is 6.07 Å². The Labute approximate surface area is 163 Å². The minimum atomic E-state index is -4.71. The third-order valence-electron chi connectivity index (χ3n) is 3.98. The lowest BCUT2D eigenvalue weighted by molar-refractivity contribution is -0.138. The molecule has 0 radical (unpaired) electrons. The van der Waals surface area contributed by atoms with Gasteiger partial charge in [0.15, 0.2) is 5.78 Å². The number of esters is 1. The monoisotopic (exact) mass is 411 g/mol. The summed E-state index contributed by atoms with van der Waals surface area (Å²) >= 11 is 0.738. The van der Waals surface area contributed by atoms with Gasteiger partial charge >= 0.3 is 12.1 Å². The fourth-order valence-corrected chi connectivity index (χ4v) is 3.64. The lowest BCUT2D eigenvalue weighted by Crippen LogP contribution is -2.12. The molecule has 6 nitrogen and oxygen atoms in total. The summed E-state index contributed by atoms with van der Waals surface area (Å²) in [4.78, 5) is 31.1. The number of hydrogen-bond donors (Lipinski definition) is 1. The molecule has 1 N–H and O–H groups in total. The molecule has 0 atom stereocenters. The molecule has 2 aromatic rings. The molecule has 28 heavy (non-hydrogen) atoms. The highest BCUT2D eigenvalue weighted by atomic mass is 32.2. The van der Waals surface area contributed by atoms with Gasteiger partial charge < -0.3 is 9.72 Å². The van der Waals surface area contributed by atoms with E-state index in [4.69, 9.17) is 5.26 Å². The largest absolute Gasteiger partial charge is 0.465 e. The van der Waals surface area contributed by atoms with Crippen LogP contribution in [0.25, 0.3) is 0 Å². The molecule has 0 aromatic carbocycles. The van der Waals surface area contributed by atoms with E-state index in [1.807, 2.05) is 0 Å². The number of carbonyl (C=O) groups excluding carboxylic acids is 2. The maximum atomic E-state index is 13.2. The molecule has 0 aliphatic heterocycles. The number of H-pyrrole nitrogens is 1. The van der Waals surface area contributed by atoms with Crippen molar-refractivity contribution in [3.63, 3.8) is 0 Å². The Morgan fingerprint density at radius 3 is 2.50 bits per heavy atom. The van der Waals surface area contributed by atoms with Crippen LogP contribution in [0.5, 0.6) is 0 Å². The summed E-state index contributed by atoms with van der Waals surface area (Å²) in [7, 11) is 1.22. The van der Waals surface area contributed by atoms with Crippen LogP contribution in [0.1, 0.15) is 48.9 Å². The van der Waals surface area contributed by atoms with E-state index in [9.17, 15) is 22.8 Å². The molecule has 2 rings (SSSR count). The summed E-state index contributed by atoms with van der Waals surface area (Å²) in [5.41, 5.74) is -0.384. The maximum absolute atomic E-state index is 13.2. The quantitative estimate of drug-likeness (QED) is 0.454. The summed E-state index contributed by atoms with van der Waals surface area (Å²) < 4.78 is 44.2. The molecule has 0 bridgehead atoms. The summed E-state index contributed by atoms with van der Waals surface area (Å²) in [6, 6.07) is 2.32. The highest BCUT2D eigenvalue weighted by Crippen LogP contribution is 2.36. The number of hydrogen-bond acceptors (Lipinski definition) is 6. The third kappa shape index (κ3) is 4.20. The van der Waals surface area contributed by atoms with Crippen LogP contribution < -0.4 is 0 Å². The van der Waals surface area contributed by atoms with Crippen LogP contribution in [0, 0.1) is 32.1 Å². The lowest BCUT2D eigenvalue weighted by Gasteiger charge is -2.12. The SMILES string of the molecule is COC(=O)c1c(C)[nH]c(C(=O)CSc2nc(C)cc(C(F)(F)F)c2C#N)c1C. The summed E-state index contributed by atoms with van der Waals surface area (Å²) in [6.45, 7) is 4.55. The van der Waals surface area contributed by atoms with Crippen LogP contribution in [-0.2, 0) is 10.9 Å². The minimum absolute atomic E-state index is 0.0844. The number of carbonyl (C=O) groups is 2. The van der Waals surface area contributed by atoms with Gasteiger partial charge in [0.25, 0.3) is 0 Å². The van der Waals surface area contributed by atoms with Crippen molar-refractivity contribution >= 4 is 23.5 Å². The molecular formula is C18H16F3N3O3S. The molecule has 10 heteroatoms. The van der Waals surface area contributed by atoms with E-state index < -0.39 is 29.1 Å². The zero-order chi connectivity index (χ0) is 21.2. The topological polar surface area (TPSA) is 95.8 Å². The molecule has 0 spiro atoms. The summed E-state index contributed by atoms with van der Waals surface area (Å²) in [6.07, 6.45) is -4.71. The van der Waals surface area contributed by atoms with Crippen LogP contribution in [0.4, 0.5) is 13.2 Å². The number of alkyl halides is 3. The Morgan fingerprint density at radius 2 is 1.96 bits per heavy atom. The maximum Gasteiger partial charge on any atom is 0.417 e. The van der Waals surface area contributed by atoms with Gasteiger partial charge in [0.05, 0.1) is 35.2 Å². The van der Waals surface area contributed by atoms with E-state index in [1.54, 1.807) is 13.8 Å². The second-order valence-corrected chi connectivity index (χ2v) is 6.89. The molecule has 0 amide bonds. The summed E-state index contributed by atoms with van der Waals surface area (Å²) in [5.74, 6) is -1.30. The number of rotatable bonds is 5. The average molecular weight is 411 g/mol. The van der Waals surface area contributed by atoms with E-state index in [-0.39, 0.29) is 27.7 Å². The van der Waals surface area contributed by atoms with E-state index in [2.05, 4.69) is 14.7 Å². The summed E-state index contributed by atoms with van der Waals surface area (Å²) in [5, 5.41) is 8.99. The van der Waals surface area contributed by atoms with E-state index in [1.165, 1.54) is 20.1 Å². The zero-order valence-corrected chi connectivity index (χ0v) is 16.3. The number of methoxy groups -OCH3 is 1. The first-order valence-electron chi connectivity index (χ1n) is 7.93. The molecule has 0 aliphatic carbocycles. The van der Waals surface area contributed by atoms with E-state index in [0.29, 0.717) is 11.3 Å². The number of halogens is 3. The van der Waals surface area contributed by atoms with Crippen molar-refractivity contribution in [1.82, 2.24) is 9.97 Å². The minimum Gasteiger partial charge on any atom is -0.465 e. The van der Waals surface area contributed by atoms with Gasteiger partial charge in [-0.3, -0.25) is 4.79 Å². The normalized spacial score (nSPS) is 11.2. The molecule has 2 aromatic heterocycles.